The van der Waals surface area contributed by atoms with E-state index in [1.807, 2.05) is 18.2 Å². The van der Waals surface area contributed by atoms with Crippen molar-refractivity contribution in [2.24, 2.45) is 0 Å². The predicted octanol–water partition coefficient (Wildman–Crippen LogP) is 4.99. The molecule has 2 aromatic carbocycles. The number of anilines is 1. The van der Waals surface area contributed by atoms with Gasteiger partial charge in [0.2, 0.25) is 0 Å². The van der Waals surface area contributed by atoms with Crippen LogP contribution in [0.4, 0.5) is 5.69 Å². The molecule has 0 aliphatic carbocycles. The highest BCUT2D eigenvalue weighted by Crippen LogP contribution is 2.29. The number of aromatic amines is 1. The molecule has 2 N–H and O–H groups in total. The first-order chi connectivity index (χ1) is 15.5. The minimum atomic E-state index is 0.582. The van der Waals surface area contributed by atoms with Crippen LogP contribution in [0.3, 0.4) is 0 Å². The van der Waals surface area contributed by atoms with Crippen molar-refractivity contribution < 1.29 is 0 Å². The highest BCUT2D eigenvalue weighted by molar-refractivity contribution is 6.31. The van der Waals surface area contributed by atoms with Crippen LogP contribution in [0.2, 0.25) is 5.02 Å². The summed E-state index contributed by atoms with van der Waals surface area (Å²) in [5.74, 6) is 0. The van der Waals surface area contributed by atoms with Gasteiger partial charge in [0.25, 0.3) is 0 Å². The Labute approximate surface area is 196 Å². The smallest absolute Gasteiger partial charge is 0.0465 e. The lowest BCUT2D eigenvalue weighted by Gasteiger charge is -2.41. The van der Waals surface area contributed by atoms with Crippen molar-refractivity contribution in [3.8, 4) is 11.3 Å². The molecule has 0 radical (unpaired) electrons. The average Bonchev–Trinajstić information content (AvgIpc) is 3.23. The zero-order valence-corrected chi connectivity index (χ0v) is 19.9. The van der Waals surface area contributed by atoms with E-state index >= 15 is 0 Å². The van der Waals surface area contributed by atoms with Crippen molar-refractivity contribution >= 4 is 28.2 Å². The van der Waals surface area contributed by atoms with Crippen LogP contribution in [-0.2, 0) is 0 Å². The van der Waals surface area contributed by atoms with Crippen LogP contribution in [0.15, 0.2) is 48.5 Å². The number of piperazine rings is 1. The topological polar surface area (TPSA) is 37.5 Å². The standard InChI is InChI=1S/C26H34ClN5/c1-19(2)30-12-14-32(15-13-30)29-23-8-10-31(11-9-23)24-5-3-4-20(17-24)26-18-21-16-22(27)6-7-25(21)28-26/h3-7,16-19,23,28-29H,8-15H2,1-2H3. The van der Waals surface area contributed by atoms with Crippen molar-refractivity contribution in [1.29, 1.82) is 0 Å². The molecule has 2 saturated heterocycles. The number of hydrogen-bond donors (Lipinski definition) is 2. The molecule has 6 heteroatoms. The fraction of sp³-hybridized carbons (Fsp3) is 0.462. The van der Waals surface area contributed by atoms with Crippen molar-refractivity contribution in [2.75, 3.05) is 44.2 Å². The van der Waals surface area contributed by atoms with Gasteiger partial charge in [0.05, 0.1) is 0 Å². The number of fused-ring (bicyclic) bond motifs is 1. The van der Waals surface area contributed by atoms with E-state index in [-0.39, 0.29) is 0 Å². The molecule has 5 nitrogen and oxygen atoms in total. The highest BCUT2D eigenvalue weighted by Gasteiger charge is 2.24. The summed E-state index contributed by atoms with van der Waals surface area (Å²) in [7, 11) is 0. The van der Waals surface area contributed by atoms with Gasteiger partial charge in [-0.3, -0.25) is 10.3 Å². The summed E-state index contributed by atoms with van der Waals surface area (Å²) in [5, 5.41) is 4.37. The Hall–Kier alpha value is -2.05. The van der Waals surface area contributed by atoms with Gasteiger partial charge in [0, 0.05) is 78.7 Å². The van der Waals surface area contributed by atoms with E-state index in [0.717, 1.165) is 60.9 Å². The predicted molar refractivity (Wildman–Crippen MR) is 135 cm³/mol. The lowest BCUT2D eigenvalue weighted by atomic mass is 10.0. The van der Waals surface area contributed by atoms with Crippen LogP contribution in [-0.4, -0.2) is 66.2 Å². The highest BCUT2D eigenvalue weighted by atomic mass is 35.5. The van der Waals surface area contributed by atoms with Gasteiger partial charge in [-0.15, -0.1) is 0 Å². The minimum Gasteiger partial charge on any atom is -0.371 e. The number of nitrogens with one attached hydrogen (secondary N) is 2. The van der Waals surface area contributed by atoms with Gasteiger partial charge in [-0.05, 0) is 68.7 Å². The van der Waals surface area contributed by atoms with Crippen LogP contribution in [0, 0.1) is 0 Å². The van der Waals surface area contributed by atoms with Gasteiger partial charge in [-0.2, -0.15) is 0 Å². The number of hydrazine groups is 1. The molecule has 0 spiro atoms. The molecule has 0 bridgehead atoms. The molecule has 2 aliphatic heterocycles. The molecule has 0 atom stereocenters. The summed E-state index contributed by atoms with van der Waals surface area (Å²) in [4.78, 5) is 8.63. The Morgan fingerprint density at radius 3 is 2.47 bits per heavy atom. The molecule has 2 aliphatic rings. The fourth-order valence-corrected chi connectivity index (χ4v) is 5.20. The Kier molecular flexibility index (Phi) is 6.42. The Morgan fingerprint density at radius 2 is 1.72 bits per heavy atom. The SMILES string of the molecule is CC(C)N1CCN(NC2CCN(c3cccc(-c4cc5cc(Cl)ccc5[nH]4)c3)CC2)CC1. The second-order valence-corrected chi connectivity index (χ2v) is 9.91. The number of halogens is 1. The van der Waals surface area contributed by atoms with E-state index in [1.165, 1.54) is 24.1 Å². The maximum atomic E-state index is 6.16. The number of piperidine rings is 1. The minimum absolute atomic E-state index is 0.582. The van der Waals surface area contributed by atoms with Crippen molar-refractivity contribution in [1.82, 2.24) is 20.3 Å². The van der Waals surface area contributed by atoms with Crippen molar-refractivity contribution in [3.05, 3.63) is 53.6 Å². The number of benzene rings is 2. The van der Waals surface area contributed by atoms with E-state index in [1.54, 1.807) is 0 Å². The first-order valence-electron chi connectivity index (χ1n) is 11.9. The summed E-state index contributed by atoms with van der Waals surface area (Å²) in [6, 6.07) is 18.3. The van der Waals surface area contributed by atoms with Gasteiger partial charge in [-0.25, -0.2) is 5.01 Å². The van der Waals surface area contributed by atoms with E-state index in [0.29, 0.717) is 12.1 Å². The van der Waals surface area contributed by atoms with Crippen LogP contribution >= 0.6 is 11.6 Å². The van der Waals surface area contributed by atoms with Crippen LogP contribution in [0.1, 0.15) is 26.7 Å². The quantitative estimate of drug-likeness (QED) is 0.573. The molecular formula is C26H34ClN5. The number of hydrogen-bond acceptors (Lipinski definition) is 4. The Balaban J connectivity index is 1.19. The molecule has 5 rings (SSSR count). The second kappa shape index (κ2) is 9.44. The maximum Gasteiger partial charge on any atom is 0.0465 e. The largest absolute Gasteiger partial charge is 0.371 e. The average molecular weight is 452 g/mol. The number of rotatable bonds is 5. The first kappa shape index (κ1) is 21.8. The van der Waals surface area contributed by atoms with E-state index in [2.05, 4.69) is 69.4 Å². The summed E-state index contributed by atoms with van der Waals surface area (Å²) in [6.07, 6.45) is 2.36. The van der Waals surface area contributed by atoms with Gasteiger partial charge < -0.3 is 9.88 Å². The van der Waals surface area contributed by atoms with Gasteiger partial charge in [0.1, 0.15) is 0 Å². The molecule has 0 saturated carbocycles. The monoisotopic (exact) mass is 451 g/mol. The molecule has 3 heterocycles. The third-order valence-corrected chi connectivity index (χ3v) is 7.24. The lowest BCUT2D eigenvalue weighted by Crippen LogP contribution is -2.57. The fourth-order valence-electron chi connectivity index (χ4n) is 5.02. The third kappa shape index (κ3) is 4.81. The number of H-pyrrole nitrogens is 1. The van der Waals surface area contributed by atoms with Crippen molar-refractivity contribution in [3.63, 3.8) is 0 Å². The molecule has 1 aromatic heterocycles. The zero-order chi connectivity index (χ0) is 22.1. The molecule has 32 heavy (non-hydrogen) atoms. The summed E-state index contributed by atoms with van der Waals surface area (Å²) < 4.78 is 0. The van der Waals surface area contributed by atoms with Gasteiger partial charge in [0.15, 0.2) is 0 Å². The lowest BCUT2D eigenvalue weighted by molar-refractivity contribution is 0.0558. The van der Waals surface area contributed by atoms with E-state index in [4.69, 9.17) is 11.6 Å². The number of nitrogens with zero attached hydrogens (tertiary/aromatic N) is 3. The molecular weight excluding hydrogens is 418 g/mol. The Bertz CT molecular complexity index is 1050. The number of aromatic nitrogens is 1. The second-order valence-electron chi connectivity index (χ2n) is 9.47. The van der Waals surface area contributed by atoms with E-state index in [9.17, 15) is 0 Å². The summed E-state index contributed by atoms with van der Waals surface area (Å²) >= 11 is 6.16. The molecule has 3 aromatic rings. The molecule has 2 fully saturated rings. The van der Waals surface area contributed by atoms with Crippen molar-refractivity contribution in [2.45, 2.75) is 38.8 Å². The van der Waals surface area contributed by atoms with Gasteiger partial charge in [-0.1, -0.05) is 23.7 Å². The molecule has 170 valence electrons. The third-order valence-electron chi connectivity index (χ3n) is 7.01. The van der Waals surface area contributed by atoms with Crippen LogP contribution in [0.25, 0.3) is 22.2 Å². The summed E-state index contributed by atoms with van der Waals surface area (Å²) in [6.45, 7) is 11.3. The molecule has 0 unspecified atom stereocenters. The maximum absolute atomic E-state index is 6.16. The van der Waals surface area contributed by atoms with Crippen LogP contribution in [0.5, 0.6) is 0 Å². The first-order valence-corrected chi connectivity index (χ1v) is 12.3. The van der Waals surface area contributed by atoms with E-state index < -0.39 is 0 Å². The Morgan fingerprint density at radius 1 is 0.938 bits per heavy atom. The normalized spacial score (nSPS) is 19.3. The van der Waals surface area contributed by atoms with Gasteiger partial charge >= 0.3 is 0 Å². The summed E-state index contributed by atoms with van der Waals surface area (Å²) in [5.41, 5.74) is 8.60. The zero-order valence-electron chi connectivity index (χ0n) is 19.1. The van der Waals surface area contributed by atoms with Crippen LogP contribution < -0.4 is 10.3 Å². The molecule has 0 amide bonds.